The van der Waals surface area contributed by atoms with Crippen LogP contribution in [0.25, 0.3) is 0 Å². The molecule has 5 heteroatoms. The third kappa shape index (κ3) is 2.73. The normalized spacial score (nSPS) is 15.3. The predicted octanol–water partition coefficient (Wildman–Crippen LogP) is 1.38. The monoisotopic (exact) mass is 250 g/mol. The molecule has 0 saturated carbocycles. The zero-order chi connectivity index (χ0) is 13.1. The number of hydrogen-bond donors (Lipinski definition) is 2. The third-order valence-electron chi connectivity index (χ3n) is 2.83. The second-order valence-electron chi connectivity index (χ2n) is 4.62. The number of amides is 1. The van der Waals surface area contributed by atoms with Crippen molar-refractivity contribution in [2.24, 2.45) is 11.7 Å². The first-order chi connectivity index (χ1) is 8.58. The number of carbonyl (C=O) groups is 1. The molecule has 0 fully saturated rings. The molecular weight excluding hydrogens is 232 g/mol. The highest BCUT2D eigenvalue weighted by atomic mass is 16.6. The lowest BCUT2D eigenvalue weighted by Crippen LogP contribution is -2.39. The Morgan fingerprint density at radius 3 is 2.61 bits per heavy atom. The molecule has 1 amide bonds. The Morgan fingerprint density at radius 1 is 1.28 bits per heavy atom. The number of anilines is 1. The van der Waals surface area contributed by atoms with E-state index < -0.39 is 6.04 Å². The molecule has 3 N–H and O–H groups in total. The SMILES string of the molecule is CC(C)C(N)C(=O)Nc1ccc2c(c1)OCCO2. The molecule has 1 unspecified atom stereocenters. The molecule has 18 heavy (non-hydrogen) atoms. The summed E-state index contributed by atoms with van der Waals surface area (Å²) in [4.78, 5) is 11.8. The number of nitrogens with two attached hydrogens (primary N) is 1. The van der Waals surface area contributed by atoms with Crippen LogP contribution in [0.5, 0.6) is 11.5 Å². The fourth-order valence-electron chi connectivity index (χ4n) is 1.65. The zero-order valence-corrected chi connectivity index (χ0v) is 10.6. The molecule has 98 valence electrons. The van der Waals surface area contributed by atoms with E-state index in [-0.39, 0.29) is 11.8 Å². The van der Waals surface area contributed by atoms with Crippen LogP contribution in [0.3, 0.4) is 0 Å². The smallest absolute Gasteiger partial charge is 0.241 e. The first-order valence-electron chi connectivity index (χ1n) is 6.04. The first-order valence-corrected chi connectivity index (χ1v) is 6.04. The molecule has 1 aliphatic rings. The van der Waals surface area contributed by atoms with E-state index in [1.165, 1.54) is 0 Å². The lowest BCUT2D eigenvalue weighted by atomic mass is 10.0. The van der Waals surface area contributed by atoms with Gasteiger partial charge < -0.3 is 20.5 Å². The van der Waals surface area contributed by atoms with Crippen LogP contribution in [0.4, 0.5) is 5.69 Å². The minimum absolute atomic E-state index is 0.0993. The van der Waals surface area contributed by atoms with Crippen LogP contribution >= 0.6 is 0 Å². The summed E-state index contributed by atoms with van der Waals surface area (Å²) < 4.78 is 10.9. The molecule has 1 aliphatic heterocycles. The van der Waals surface area contributed by atoms with Gasteiger partial charge in [0.2, 0.25) is 5.91 Å². The number of fused-ring (bicyclic) bond motifs is 1. The van der Waals surface area contributed by atoms with Crippen molar-refractivity contribution < 1.29 is 14.3 Å². The lowest BCUT2D eigenvalue weighted by Gasteiger charge is -2.20. The van der Waals surface area contributed by atoms with E-state index in [2.05, 4.69) is 5.32 Å². The summed E-state index contributed by atoms with van der Waals surface area (Å²) in [5, 5.41) is 2.77. The van der Waals surface area contributed by atoms with E-state index in [0.29, 0.717) is 30.4 Å². The van der Waals surface area contributed by atoms with Gasteiger partial charge in [0, 0.05) is 11.8 Å². The topological polar surface area (TPSA) is 73.6 Å². The van der Waals surface area contributed by atoms with Crippen molar-refractivity contribution in [1.82, 2.24) is 0 Å². The Bertz CT molecular complexity index is 446. The van der Waals surface area contributed by atoms with Gasteiger partial charge in [0.25, 0.3) is 0 Å². The molecule has 1 aromatic rings. The summed E-state index contributed by atoms with van der Waals surface area (Å²) in [5.41, 5.74) is 6.44. The van der Waals surface area contributed by atoms with Gasteiger partial charge in [-0.25, -0.2) is 0 Å². The molecular formula is C13H18N2O3. The fourth-order valence-corrected chi connectivity index (χ4v) is 1.65. The van der Waals surface area contributed by atoms with Crippen molar-refractivity contribution in [2.45, 2.75) is 19.9 Å². The molecule has 5 nitrogen and oxygen atoms in total. The highest BCUT2D eigenvalue weighted by Gasteiger charge is 2.18. The van der Waals surface area contributed by atoms with Crippen LogP contribution in [0, 0.1) is 5.92 Å². The largest absolute Gasteiger partial charge is 0.486 e. The van der Waals surface area contributed by atoms with E-state index >= 15 is 0 Å². The van der Waals surface area contributed by atoms with Crippen LogP contribution < -0.4 is 20.5 Å². The highest BCUT2D eigenvalue weighted by molar-refractivity contribution is 5.95. The van der Waals surface area contributed by atoms with Crippen molar-refractivity contribution in [3.8, 4) is 11.5 Å². The molecule has 2 rings (SSSR count). The molecule has 1 atom stereocenters. The van der Waals surface area contributed by atoms with Gasteiger partial charge in [-0.3, -0.25) is 4.79 Å². The van der Waals surface area contributed by atoms with Crippen LogP contribution in [-0.2, 0) is 4.79 Å². The highest BCUT2D eigenvalue weighted by Crippen LogP contribution is 2.32. The Labute approximate surface area is 106 Å². The number of nitrogens with one attached hydrogen (secondary N) is 1. The summed E-state index contributed by atoms with van der Waals surface area (Å²) in [5.74, 6) is 1.26. The van der Waals surface area contributed by atoms with Crippen molar-refractivity contribution >= 4 is 11.6 Å². The summed E-state index contributed by atoms with van der Waals surface area (Å²) in [6.07, 6.45) is 0. The Balaban J connectivity index is 2.08. The van der Waals surface area contributed by atoms with Crippen molar-refractivity contribution in [3.05, 3.63) is 18.2 Å². The van der Waals surface area contributed by atoms with Crippen molar-refractivity contribution in [2.75, 3.05) is 18.5 Å². The maximum absolute atomic E-state index is 11.8. The number of benzene rings is 1. The van der Waals surface area contributed by atoms with E-state index in [4.69, 9.17) is 15.2 Å². The second-order valence-corrected chi connectivity index (χ2v) is 4.62. The van der Waals surface area contributed by atoms with Crippen molar-refractivity contribution in [3.63, 3.8) is 0 Å². The number of rotatable bonds is 3. The average molecular weight is 250 g/mol. The second kappa shape index (κ2) is 5.27. The molecule has 0 aromatic heterocycles. The summed E-state index contributed by atoms with van der Waals surface area (Å²) in [6, 6.07) is 4.79. The maximum Gasteiger partial charge on any atom is 0.241 e. The van der Waals surface area contributed by atoms with Crippen LogP contribution in [0.2, 0.25) is 0 Å². The minimum Gasteiger partial charge on any atom is -0.486 e. The third-order valence-corrected chi connectivity index (χ3v) is 2.83. The fraction of sp³-hybridized carbons (Fsp3) is 0.462. The van der Waals surface area contributed by atoms with Gasteiger partial charge >= 0.3 is 0 Å². The van der Waals surface area contributed by atoms with Gasteiger partial charge in [-0.05, 0) is 18.1 Å². The van der Waals surface area contributed by atoms with Gasteiger partial charge in [0.05, 0.1) is 6.04 Å². The molecule has 0 saturated heterocycles. The zero-order valence-electron chi connectivity index (χ0n) is 10.6. The van der Waals surface area contributed by atoms with E-state index in [0.717, 1.165) is 0 Å². The van der Waals surface area contributed by atoms with Crippen molar-refractivity contribution in [1.29, 1.82) is 0 Å². The standard InChI is InChI=1S/C13H18N2O3/c1-8(2)12(14)13(16)15-9-3-4-10-11(7-9)18-6-5-17-10/h3-4,7-8,12H,5-6,14H2,1-2H3,(H,15,16). The predicted molar refractivity (Wildman–Crippen MR) is 68.9 cm³/mol. The van der Waals surface area contributed by atoms with Gasteiger partial charge in [-0.15, -0.1) is 0 Å². The number of carbonyl (C=O) groups excluding carboxylic acids is 1. The molecule has 0 spiro atoms. The number of hydrogen-bond acceptors (Lipinski definition) is 4. The average Bonchev–Trinajstić information content (AvgIpc) is 2.37. The van der Waals surface area contributed by atoms with E-state index in [1.54, 1.807) is 18.2 Å². The Morgan fingerprint density at radius 2 is 1.94 bits per heavy atom. The Hall–Kier alpha value is -1.75. The van der Waals surface area contributed by atoms with Gasteiger partial charge in [0.15, 0.2) is 11.5 Å². The van der Waals surface area contributed by atoms with Crippen LogP contribution in [0.15, 0.2) is 18.2 Å². The van der Waals surface area contributed by atoms with Gasteiger partial charge in [0.1, 0.15) is 13.2 Å². The molecule has 0 bridgehead atoms. The minimum atomic E-state index is -0.516. The molecule has 0 radical (unpaired) electrons. The van der Waals surface area contributed by atoms with E-state index in [1.807, 2.05) is 13.8 Å². The quantitative estimate of drug-likeness (QED) is 0.850. The molecule has 1 heterocycles. The lowest BCUT2D eigenvalue weighted by molar-refractivity contribution is -0.118. The van der Waals surface area contributed by atoms with Crippen LogP contribution in [-0.4, -0.2) is 25.2 Å². The molecule has 1 aromatic carbocycles. The van der Waals surface area contributed by atoms with Gasteiger partial charge in [-0.1, -0.05) is 13.8 Å². The maximum atomic E-state index is 11.8. The van der Waals surface area contributed by atoms with E-state index in [9.17, 15) is 4.79 Å². The summed E-state index contributed by atoms with van der Waals surface area (Å²) in [7, 11) is 0. The van der Waals surface area contributed by atoms with Crippen LogP contribution in [0.1, 0.15) is 13.8 Å². The summed E-state index contributed by atoms with van der Waals surface area (Å²) >= 11 is 0. The first kappa shape index (κ1) is 12.7. The summed E-state index contributed by atoms with van der Waals surface area (Å²) in [6.45, 7) is 4.90. The number of ether oxygens (including phenoxy) is 2. The Kier molecular flexibility index (Phi) is 3.72. The van der Waals surface area contributed by atoms with Gasteiger partial charge in [-0.2, -0.15) is 0 Å². The molecule has 0 aliphatic carbocycles.